The van der Waals surface area contributed by atoms with Crippen LogP contribution in [0.25, 0.3) is 33.1 Å². The van der Waals surface area contributed by atoms with Crippen LogP contribution in [-0.4, -0.2) is 88.7 Å². The summed E-state index contributed by atoms with van der Waals surface area (Å²) < 4.78 is 23.0. The van der Waals surface area contributed by atoms with Crippen LogP contribution in [0.1, 0.15) is 29.6 Å². The van der Waals surface area contributed by atoms with Crippen LogP contribution in [0, 0.1) is 0 Å². The first-order valence-corrected chi connectivity index (χ1v) is 15.3. The van der Waals surface area contributed by atoms with E-state index >= 15 is 0 Å². The second-order valence-corrected chi connectivity index (χ2v) is 12.7. The average molecular weight is 581 g/mol. The molecule has 1 aliphatic heterocycles. The molecule has 2 amide bonds. The fraction of sp³-hybridized carbons (Fsp3) is 0.345. The number of aliphatic hydroxyl groups excluding tert-OH is 2. The van der Waals surface area contributed by atoms with Crippen molar-refractivity contribution in [3.05, 3.63) is 70.5 Å². The molecule has 5 rings (SSSR count). The third-order valence-corrected chi connectivity index (χ3v) is 8.95. The lowest BCUT2D eigenvalue weighted by molar-refractivity contribution is -0.133. The zero-order chi connectivity index (χ0) is 29.1. The number of hydrogen-bond donors (Lipinski definition) is 5. The number of pyridine rings is 1. The molecule has 2 atom stereocenters. The highest BCUT2D eigenvalue weighted by atomic mass is 32.2. The van der Waals surface area contributed by atoms with Gasteiger partial charge in [0.05, 0.1) is 41.4 Å². The van der Waals surface area contributed by atoms with E-state index in [1.165, 1.54) is 4.90 Å². The molecule has 0 aliphatic carbocycles. The third kappa shape index (κ3) is 6.84. The smallest absolute Gasteiger partial charge is 0.257 e. The lowest BCUT2D eigenvalue weighted by Crippen LogP contribution is -2.44. The van der Waals surface area contributed by atoms with E-state index in [0.717, 1.165) is 21.8 Å². The van der Waals surface area contributed by atoms with Gasteiger partial charge in [0.15, 0.2) is 9.84 Å². The molecule has 0 saturated carbocycles. The van der Waals surface area contributed by atoms with Crippen molar-refractivity contribution >= 4 is 43.5 Å². The van der Waals surface area contributed by atoms with Gasteiger partial charge in [-0.1, -0.05) is 18.2 Å². The first kappa shape index (κ1) is 28.5. The summed E-state index contributed by atoms with van der Waals surface area (Å²) in [6.45, 7) is 0.383. The number of para-hydroxylation sites is 1. The Morgan fingerprint density at radius 1 is 0.927 bits per heavy atom. The van der Waals surface area contributed by atoms with E-state index < -0.39 is 22.0 Å². The largest absolute Gasteiger partial charge is 0.393 e. The normalized spacial score (nSPS) is 16.5. The van der Waals surface area contributed by atoms with Crippen molar-refractivity contribution in [2.24, 2.45) is 0 Å². The monoisotopic (exact) mass is 580 g/mol. The number of carbonyl (C=O) groups is 2. The fourth-order valence-corrected chi connectivity index (χ4v) is 6.23. The van der Waals surface area contributed by atoms with Crippen molar-refractivity contribution in [1.29, 1.82) is 0 Å². The molecule has 12 heteroatoms. The van der Waals surface area contributed by atoms with E-state index in [0.29, 0.717) is 16.8 Å². The van der Waals surface area contributed by atoms with Crippen molar-refractivity contribution in [3.63, 3.8) is 0 Å². The number of hydrogen-bond acceptors (Lipinski definition) is 7. The predicted molar refractivity (Wildman–Crippen MR) is 155 cm³/mol. The minimum atomic E-state index is -3.11. The molecule has 41 heavy (non-hydrogen) atoms. The van der Waals surface area contributed by atoms with Crippen molar-refractivity contribution in [2.75, 3.05) is 31.1 Å². The maximum Gasteiger partial charge on any atom is 0.257 e. The summed E-state index contributed by atoms with van der Waals surface area (Å²) in [5.74, 6) is -0.846. The van der Waals surface area contributed by atoms with E-state index in [-0.39, 0.29) is 67.8 Å². The van der Waals surface area contributed by atoms with E-state index in [1.807, 2.05) is 36.4 Å². The Labute approximate surface area is 236 Å². The van der Waals surface area contributed by atoms with Gasteiger partial charge in [-0.25, -0.2) is 8.42 Å². The third-order valence-electron chi connectivity index (χ3n) is 7.34. The van der Waals surface area contributed by atoms with Crippen LogP contribution in [0.15, 0.2) is 59.4 Å². The Hall–Kier alpha value is -4.00. The van der Waals surface area contributed by atoms with Crippen LogP contribution in [0.5, 0.6) is 0 Å². The van der Waals surface area contributed by atoms with Gasteiger partial charge in [0.1, 0.15) is 0 Å². The Kier molecular flexibility index (Phi) is 8.25. The van der Waals surface area contributed by atoms with Crippen LogP contribution in [0.3, 0.4) is 0 Å². The summed E-state index contributed by atoms with van der Waals surface area (Å²) in [5.41, 5.74) is 2.85. The quantitative estimate of drug-likeness (QED) is 0.200. The molecule has 1 aliphatic rings. The van der Waals surface area contributed by atoms with Gasteiger partial charge in [0.2, 0.25) is 5.91 Å². The van der Waals surface area contributed by atoms with Gasteiger partial charge >= 0.3 is 0 Å². The minimum Gasteiger partial charge on any atom is -0.393 e. The highest BCUT2D eigenvalue weighted by molar-refractivity contribution is 7.91. The number of aromatic amines is 2. The summed E-state index contributed by atoms with van der Waals surface area (Å²) in [5, 5.41) is 24.9. The number of fused-ring (bicyclic) bond motifs is 2. The van der Waals surface area contributed by atoms with Crippen molar-refractivity contribution < 1.29 is 28.2 Å². The molecule has 216 valence electrons. The summed E-state index contributed by atoms with van der Waals surface area (Å²) in [4.78, 5) is 45.3. The van der Waals surface area contributed by atoms with Crippen LogP contribution < -0.4 is 10.9 Å². The lowest BCUT2D eigenvalue weighted by Gasteiger charge is -2.27. The number of carbonyl (C=O) groups excluding carboxylic acids is 2. The number of H-pyrrole nitrogens is 2. The van der Waals surface area contributed by atoms with E-state index in [2.05, 4.69) is 15.3 Å². The molecule has 0 bridgehead atoms. The number of rotatable bonds is 9. The van der Waals surface area contributed by atoms with Gasteiger partial charge in [-0.3, -0.25) is 14.4 Å². The second kappa shape index (κ2) is 11.9. The molecular formula is C29H32N4O7S. The van der Waals surface area contributed by atoms with Gasteiger partial charge < -0.3 is 30.4 Å². The van der Waals surface area contributed by atoms with Gasteiger partial charge in [-0.15, -0.1) is 0 Å². The highest BCUT2D eigenvalue weighted by Gasteiger charge is 2.26. The molecule has 5 N–H and O–H groups in total. The molecule has 0 spiro atoms. The Balaban J connectivity index is 1.13. The van der Waals surface area contributed by atoms with Gasteiger partial charge in [-0.2, -0.15) is 0 Å². The summed E-state index contributed by atoms with van der Waals surface area (Å²) in [6.07, 6.45) is -2.07. The van der Waals surface area contributed by atoms with Crippen molar-refractivity contribution in [2.45, 2.75) is 31.5 Å². The number of nitrogens with one attached hydrogen (secondary N) is 3. The van der Waals surface area contributed by atoms with E-state index in [1.54, 1.807) is 18.2 Å². The van der Waals surface area contributed by atoms with Gasteiger partial charge in [0.25, 0.3) is 11.5 Å². The minimum absolute atomic E-state index is 0.0419. The van der Waals surface area contributed by atoms with Crippen LogP contribution in [0.4, 0.5) is 0 Å². The zero-order valence-corrected chi connectivity index (χ0v) is 23.1. The predicted octanol–water partition coefficient (Wildman–Crippen LogP) is 1.56. The number of aromatic nitrogens is 2. The Morgan fingerprint density at radius 2 is 1.66 bits per heavy atom. The second-order valence-electron chi connectivity index (χ2n) is 10.4. The zero-order valence-electron chi connectivity index (χ0n) is 22.3. The SMILES string of the molecule is O=C(NCC[C@@H](O)C[C@@H](O)CC(=O)N1CCS(=O)(=O)CC1)c1ccc2[nH]c(-c3cc4ccccc4[nH]c3=O)cc2c1. The van der Waals surface area contributed by atoms with Gasteiger partial charge in [0, 0.05) is 41.6 Å². The molecule has 2 aromatic heterocycles. The number of sulfone groups is 1. The maximum absolute atomic E-state index is 12.7. The first-order chi connectivity index (χ1) is 19.6. The van der Waals surface area contributed by atoms with E-state index in [9.17, 15) is 33.0 Å². The molecule has 0 radical (unpaired) electrons. The number of amides is 2. The standard InChI is InChI=1S/C29H32N4O7S/c34-21(16-22(35)17-27(36)33-9-11-41(39,40)12-10-33)7-8-30-28(37)19-5-6-25-20(13-19)15-26(31-25)23-14-18-3-1-2-4-24(18)32-29(23)38/h1-6,13-15,21-22,31,34-35H,7-12,16-17H2,(H,30,37)(H,32,38)/t21-,22-/m1/s1. The molecule has 11 nitrogen and oxygen atoms in total. The molecule has 1 saturated heterocycles. The maximum atomic E-state index is 12.7. The first-order valence-electron chi connectivity index (χ1n) is 13.5. The summed E-state index contributed by atoms with van der Waals surface area (Å²) in [6, 6.07) is 16.3. The molecular weight excluding hydrogens is 548 g/mol. The van der Waals surface area contributed by atoms with Crippen LogP contribution in [-0.2, 0) is 14.6 Å². The average Bonchev–Trinajstić information content (AvgIpc) is 3.35. The van der Waals surface area contributed by atoms with Gasteiger partial charge in [-0.05, 0) is 54.6 Å². The van der Waals surface area contributed by atoms with Crippen molar-refractivity contribution in [1.82, 2.24) is 20.2 Å². The summed E-state index contributed by atoms with van der Waals surface area (Å²) >= 11 is 0. The lowest BCUT2D eigenvalue weighted by atomic mass is 10.1. The fourth-order valence-electron chi connectivity index (χ4n) is 5.03. The highest BCUT2D eigenvalue weighted by Crippen LogP contribution is 2.25. The number of aliphatic hydroxyl groups is 2. The number of benzene rings is 2. The molecule has 3 heterocycles. The number of nitrogens with zero attached hydrogens (tertiary/aromatic N) is 1. The molecule has 1 fully saturated rings. The van der Waals surface area contributed by atoms with Crippen LogP contribution in [0.2, 0.25) is 0 Å². The molecule has 4 aromatic rings. The Bertz CT molecular complexity index is 1750. The Morgan fingerprint density at radius 3 is 2.44 bits per heavy atom. The topological polar surface area (TPSA) is 173 Å². The summed E-state index contributed by atoms with van der Waals surface area (Å²) in [7, 11) is -3.11. The van der Waals surface area contributed by atoms with Crippen molar-refractivity contribution in [3.8, 4) is 11.3 Å². The molecule has 0 unspecified atom stereocenters. The van der Waals surface area contributed by atoms with E-state index in [4.69, 9.17) is 0 Å². The molecule has 2 aromatic carbocycles. The van der Waals surface area contributed by atoms with Crippen LogP contribution >= 0.6 is 0 Å².